The number of aromatic nitrogens is 3. The Hall–Kier alpha value is -2.17. The van der Waals surface area contributed by atoms with Crippen LogP contribution in [0.3, 0.4) is 0 Å². The summed E-state index contributed by atoms with van der Waals surface area (Å²) < 4.78 is 1.66. The smallest absolute Gasteiger partial charge is 0.336 e. The molecule has 5 nitrogen and oxygen atoms in total. The van der Waals surface area contributed by atoms with Gasteiger partial charge in [0, 0.05) is 5.69 Å². The van der Waals surface area contributed by atoms with Crippen LogP contribution < -0.4 is 0 Å². The predicted molar refractivity (Wildman–Crippen MR) is 53.1 cm³/mol. The standard InChI is InChI=1S/C10H9N3O2/c1-7-2-3-8(4-9(7)10(14)15)13-5-11-12-6-13/h2-6H,1H3,(H,14,15). The Kier molecular flexibility index (Phi) is 2.21. The van der Waals surface area contributed by atoms with Crippen molar-refractivity contribution >= 4 is 5.97 Å². The van der Waals surface area contributed by atoms with Crippen LogP contribution in [0.2, 0.25) is 0 Å². The van der Waals surface area contributed by atoms with Crippen LogP contribution in [0, 0.1) is 6.92 Å². The topological polar surface area (TPSA) is 68.0 Å². The number of carboxylic acid groups (broad SMARTS) is 1. The summed E-state index contributed by atoms with van der Waals surface area (Å²) in [6, 6.07) is 5.19. The highest BCUT2D eigenvalue weighted by molar-refractivity contribution is 5.90. The van der Waals surface area contributed by atoms with Gasteiger partial charge >= 0.3 is 5.97 Å². The molecule has 0 aliphatic heterocycles. The van der Waals surface area contributed by atoms with Gasteiger partial charge in [-0.1, -0.05) is 6.07 Å². The second-order valence-electron chi connectivity index (χ2n) is 3.17. The van der Waals surface area contributed by atoms with E-state index in [2.05, 4.69) is 10.2 Å². The lowest BCUT2D eigenvalue weighted by atomic mass is 10.1. The Balaban J connectivity index is 2.52. The molecule has 0 atom stereocenters. The van der Waals surface area contributed by atoms with E-state index in [4.69, 9.17) is 5.11 Å². The molecule has 2 aromatic rings. The molecule has 15 heavy (non-hydrogen) atoms. The zero-order chi connectivity index (χ0) is 10.8. The van der Waals surface area contributed by atoms with E-state index in [9.17, 15) is 4.79 Å². The van der Waals surface area contributed by atoms with Crippen LogP contribution >= 0.6 is 0 Å². The second-order valence-corrected chi connectivity index (χ2v) is 3.17. The van der Waals surface area contributed by atoms with Gasteiger partial charge in [-0.3, -0.25) is 4.57 Å². The lowest BCUT2D eigenvalue weighted by Crippen LogP contribution is -2.01. The SMILES string of the molecule is Cc1ccc(-n2cnnc2)cc1C(=O)O. The first kappa shape index (κ1) is 9.39. The van der Waals surface area contributed by atoms with Crippen LogP contribution in [-0.2, 0) is 0 Å². The van der Waals surface area contributed by atoms with Crippen molar-refractivity contribution in [2.24, 2.45) is 0 Å². The third kappa shape index (κ3) is 1.71. The highest BCUT2D eigenvalue weighted by atomic mass is 16.4. The molecule has 0 bridgehead atoms. The Morgan fingerprint density at radius 1 is 1.33 bits per heavy atom. The Bertz CT molecular complexity index is 491. The first-order chi connectivity index (χ1) is 7.18. The van der Waals surface area contributed by atoms with Gasteiger partial charge in [0.15, 0.2) is 0 Å². The first-order valence-electron chi connectivity index (χ1n) is 4.37. The van der Waals surface area contributed by atoms with Gasteiger partial charge < -0.3 is 5.11 Å². The summed E-state index contributed by atoms with van der Waals surface area (Å²) in [5.41, 5.74) is 1.77. The summed E-state index contributed by atoms with van der Waals surface area (Å²) in [6.45, 7) is 1.76. The molecule has 1 aromatic carbocycles. The molecule has 0 aliphatic rings. The number of aryl methyl sites for hydroxylation is 1. The number of nitrogens with zero attached hydrogens (tertiary/aromatic N) is 3. The molecule has 1 heterocycles. The molecule has 1 N–H and O–H groups in total. The zero-order valence-corrected chi connectivity index (χ0v) is 8.08. The molecule has 0 unspecified atom stereocenters. The summed E-state index contributed by atoms with van der Waals surface area (Å²) in [4.78, 5) is 10.9. The van der Waals surface area contributed by atoms with Crippen LogP contribution in [-0.4, -0.2) is 25.8 Å². The van der Waals surface area contributed by atoms with Crippen molar-refractivity contribution in [1.82, 2.24) is 14.8 Å². The van der Waals surface area contributed by atoms with Gasteiger partial charge in [0.2, 0.25) is 0 Å². The lowest BCUT2D eigenvalue weighted by Gasteiger charge is -2.05. The van der Waals surface area contributed by atoms with E-state index in [0.717, 1.165) is 11.3 Å². The van der Waals surface area contributed by atoms with E-state index in [0.29, 0.717) is 5.56 Å². The van der Waals surface area contributed by atoms with Crippen LogP contribution in [0.15, 0.2) is 30.9 Å². The maximum absolute atomic E-state index is 10.9. The van der Waals surface area contributed by atoms with Crippen LogP contribution in [0.1, 0.15) is 15.9 Å². The molecule has 0 spiro atoms. The average molecular weight is 203 g/mol. The average Bonchev–Trinajstić information content (AvgIpc) is 2.71. The minimum Gasteiger partial charge on any atom is -0.478 e. The number of hydrogen-bond donors (Lipinski definition) is 1. The first-order valence-corrected chi connectivity index (χ1v) is 4.37. The van der Waals surface area contributed by atoms with Gasteiger partial charge in [-0.15, -0.1) is 10.2 Å². The minimum atomic E-state index is -0.928. The molecular formula is C10H9N3O2. The normalized spacial score (nSPS) is 10.2. The number of carbonyl (C=O) groups is 1. The molecule has 0 aliphatic carbocycles. The third-order valence-electron chi connectivity index (χ3n) is 2.17. The van der Waals surface area contributed by atoms with Gasteiger partial charge in [-0.25, -0.2) is 4.79 Å². The lowest BCUT2D eigenvalue weighted by molar-refractivity contribution is 0.0696. The van der Waals surface area contributed by atoms with Crippen molar-refractivity contribution in [3.05, 3.63) is 42.0 Å². The number of benzene rings is 1. The number of rotatable bonds is 2. The quantitative estimate of drug-likeness (QED) is 0.798. The Morgan fingerprint density at radius 2 is 2.00 bits per heavy atom. The van der Waals surface area contributed by atoms with E-state index in [1.54, 1.807) is 23.6 Å². The highest BCUT2D eigenvalue weighted by Gasteiger charge is 2.08. The molecule has 5 heteroatoms. The van der Waals surface area contributed by atoms with Crippen molar-refractivity contribution in [1.29, 1.82) is 0 Å². The van der Waals surface area contributed by atoms with Crippen LogP contribution in [0.4, 0.5) is 0 Å². The molecule has 1 aromatic heterocycles. The van der Waals surface area contributed by atoms with E-state index >= 15 is 0 Å². The summed E-state index contributed by atoms with van der Waals surface area (Å²) in [7, 11) is 0. The third-order valence-corrected chi connectivity index (χ3v) is 2.17. The second kappa shape index (κ2) is 3.53. The highest BCUT2D eigenvalue weighted by Crippen LogP contribution is 2.14. The molecule has 0 fully saturated rings. The fourth-order valence-corrected chi connectivity index (χ4v) is 1.34. The Morgan fingerprint density at radius 3 is 2.60 bits per heavy atom. The van der Waals surface area contributed by atoms with Gasteiger partial charge in [0.25, 0.3) is 0 Å². The Labute approximate surface area is 86.0 Å². The maximum atomic E-state index is 10.9. The van der Waals surface area contributed by atoms with Crippen molar-refractivity contribution in [3.8, 4) is 5.69 Å². The van der Waals surface area contributed by atoms with E-state index in [1.165, 1.54) is 12.7 Å². The largest absolute Gasteiger partial charge is 0.478 e. The molecule has 76 valence electrons. The van der Waals surface area contributed by atoms with E-state index in [1.807, 2.05) is 6.07 Å². The zero-order valence-electron chi connectivity index (χ0n) is 8.08. The number of hydrogen-bond acceptors (Lipinski definition) is 3. The molecular weight excluding hydrogens is 194 g/mol. The minimum absolute atomic E-state index is 0.293. The maximum Gasteiger partial charge on any atom is 0.336 e. The summed E-state index contributed by atoms with van der Waals surface area (Å²) in [5.74, 6) is -0.928. The summed E-state index contributed by atoms with van der Waals surface area (Å²) in [5, 5.41) is 16.3. The van der Waals surface area contributed by atoms with Crippen LogP contribution in [0.25, 0.3) is 5.69 Å². The molecule has 0 saturated heterocycles. The van der Waals surface area contributed by atoms with Gasteiger partial charge in [-0.2, -0.15) is 0 Å². The van der Waals surface area contributed by atoms with Crippen molar-refractivity contribution in [2.45, 2.75) is 6.92 Å². The molecule has 0 amide bonds. The van der Waals surface area contributed by atoms with E-state index in [-0.39, 0.29) is 0 Å². The fourth-order valence-electron chi connectivity index (χ4n) is 1.34. The number of aromatic carboxylic acids is 1. The van der Waals surface area contributed by atoms with E-state index < -0.39 is 5.97 Å². The van der Waals surface area contributed by atoms with Crippen molar-refractivity contribution in [3.63, 3.8) is 0 Å². The molecule has 0 saturated carbocycles. The molecule has 0 radical (unpaired) electrons. The van der Waals surface area contributed by atoms with Gasteiger partial charge in [0.1, 0.15) is 12.7 Å². The summed E-state index contributed by atoms with van der Waals surface area (Å²) in [6.07, 6.45) is 3.05. The monoisotopic (exact) mass is 203 g/mol. The van der Waals surface area contributed by atoms with Gasteiger partial charge in [-0.05, 0) is 24.6 Å². The number of carboxylic acids is 1. The van der Waals surface area contributed by atoms with Crippen LogP contribution in [0.5, 0.6) is 0 Å². The molecule has 2 rings (SSSR count). The van der Waals surface area contributed by atoms with Gasteiger partial charge in [0.05, 0.1) is 5.56 Å². The summed E-state index contributed by atoms with van der Waals surface area (Å²) >= 11 is 0. The predicted octanol–water partition coefficient (Wildman–Crippen LogP) is 1.27. The van der Waals surface area contributed by atoms with Crippen molar-refractivity contribution in [2.75, 3.05) is 0 Å². The van der Waals surface area contributed by atoms with Crippen molar-refractivity contribution < 1.29 is 9.90 Å². The fraction of sp³-hybridized carbons (Fsp3) is 0.100.